The molecule has 7 nitrogen and oxygen atoms in total. The molecule has 0 saturated carbocycles. The molecule has 0 bridgehead atoms. The molecule has 1 fully saturated rings. The van der Waals surface area contributed by atoms with Gasteiger partial charge in [0, 0.05) is 19.0 Å². The Morgan fingerprint density at radius 2 is 1.83 bits per heavy atom. The Morgan fingerprint density at radius 3 is 2.50 bits per heavy atom. The lowest BCUT2D eigenvalue weighted by atomic mass is 10.0. The number of anilines is 1. The van der Waals surface area contributed by atoms with Crippen molar-refractivity contribution in [1.29, 1.82) is 0 Å². The van der Waals surface area contributed by atoms with Gasteiger partial charge in [-0.2, -0.15) is 4.31 Å². The molecule has 162 valence electrons. The van der Waals surface area contributed by atoms with Crippen LogP contribution in [0.3, 0.4) is 0 Å². The van der Waals surface area contributed by atoms with Gasteiger partial charge in [-0.1, -0.05) is 12.5 Å². The average Bonchev–Trinajstić information content (AvgIpc) is 2.74. The van der Waals surface area contributed by atoms with Crippen LogP contribution in [0.2, 0.25) is 0 Å². The number of amides is 1. The molecule has 0 spiro atoms. The second-order valence-corrected chi connectivity index (χ2v) is 9.29. The van der Waals surface area contributed by atoms with E-state index in [1.807, 2.05) is 19.1 Å². The van der Waals surface area contributed by atoms with E-state index in [9.17, 15) is 13.2 Å². The standard InChI is InChI=1S/C22H28N2O5S/c1-16-7-12-21(29-3)20(14-16)23-22(25)15-17-6-4-5-13-24(17)30(26,27)19-10-8-18(28-2)9-11-19/h7-12,14,17H,4-6,13,15H2,1-3H3,(H,23,25)/t17-/m0/s1. The van der Waals surface area contributed by atoms with E-state index in [0.717, 1.165) is 18.4 Å². The molecule has 1 N–H and O–H groups in total. The summed E-state index contributed by atoms with van der Waals surface area (Å²) in [5.74, 6) is 0.927. The lowest BCUT2D eigenvalue weighted by molar-refractivity contribution is -0.117. The van der Waals surface area contributed by atoms with Crippen LogP contribution in [-0.4, -0.2) is 45.4 Å². The third-order valence-electron chi connectivity index (χ3n) is 5.29. The van der Waals surface area contributed by atoms with Gasteiger partial charge in [-0.15, -0.1) is 0 Å². The van der Waals surface area contributed by atoms with E-state index in [4.69, 9.17) is 9.47 Å². The maximum atomic E-state index is 13.2. The second-order valence-electron chi connectivity index (χ2n) is 7.40. The highest BCUT2D eigenvalue weighted by Crippen LogP contribution is 2.29. The molecule has 3 rings (SSSR count). The molecule has 0 aliphatic carbocycles. The zero-order valence-electron chi connectivity index (χ0n) is 17.6. The Labute approximate surface area is 178 Å². The van der Waals surface area contributed by atoms with E-state index in [-0.39, 0.29) is 23.3 Å². The first kappa shape index (κ1) is 22.1. The second kappa shape index (κ2) is 9.49. The molecule has 0 aromatic heterocycles. The summed E-state index contributed by atoms with van der Waals surface area (Å²) in [4.78, 5) is 13.0. The van der Waals surface area contributed by atoms with Gasteiger partial charge < -0.3 is 14.8 Å². The summed E-state index contributed by atoms with van der Waals surface area (Å²) in [6, 6.07) is 11.5. The first-order valence-electron chi connectivity index (χ1n) is 9.95. The molecule has 30 heavy (non-hydrogen) atoms. The van der Waals surface area contributed by atoms with Gasteiger partial charge >= 0.3 is 0 Å². The molecule has 1 aliphatic heterocycles. The molecule has 0 radical (unpaired) electrons. The monoisotopic (exact) mass is 432 g/mol. The molecule has 1 aliphatic rings. The zero-order valence-corrected chi connectivity index (χ0v) is 18.4. The molecule has 1 amide bonds. The first-order valence-corrected chi connectivity index (χ1v) is 11.4. The quantitative estimate of drug-likeness (QED) is 0.723. The third-order valence-corrected chi connectivity index (χ3v) is 7.26. The smallest absolute Gasteiger partial charge is 0.243 e. The lowest BCUT2D eigenvalue weighted by Gasteiger charge is -2.34. The molecule has 2 aromatic rings. The number of piperidine rings is 1. The van der Waals surface area contributed by atoms with Crippen LogP contribution in [0.15, 0.2) is 47.4 Å². The van der Waals surface area contributed by atoms with Crippen molar-refractivity contribution in [2.45, 2.75) is 43.5 Å². The number of carbonyl (C=O) groups is 1. The van der Waals surface area contributed by atoms with Crippen molar-refractivity contribution in [2.24, 2.45) is 0 Å². The number of nitrogens with zero attached hydrogens (tertiary/aromatic N) is 1. The van der Waals surface area contributed by atoms with Crippen LogP contribution in [0.5, 0.6) is 11.5 Å². The average molecular weight is 433 g/mol. The highest BCUT2D eigenvalue weighted by molar-refractivity contribution is 7.89. The molecule has 1 heterocycles. The number of nitrogens with one attached hydrogen (secondary N) is 1. The normalized spacial score (nSPS) is 17.4. The lowest BCUT2D eigenvalue weighted by Crippen LogP contribution is -2.45. The third kappa shape index (κ3) is 4.94. The number of rotatable bonds is 7. The van der Waals surface area contributed by atoms with Crippen LogP contribution in [0.25, 0.3) is 0 Å². The highest BCUT2D eigenvalue weighted by Gasteiger charge is 2.34. The number of sulfonamides is 1. The van der Waals surface area contributed by atoms with Gasteiger partial charge in [-0.25, -0.2) is 8.42 Å². The van der Waals surface area contributed by atoms with Crippen LogP contribution in [0.1, 0.15) is 31.2 Å². The van der Waals surface area contributed by atoms with Crippen molar-refractivity contribution in [1.82, 2.24) is 4.31 Å². The van der Waals surface area contributed by atoms with Gasteiger partial charge in [0.15, 0.2) is 0 Å². The summed E-state index contributed by atoms with van der Waals surface area (Å²) >= 11 is 0. The molecule has 0 unspecified atom stereocenters. The van der Waals surface area contributed by atoms with Crippen LogP contribution >= 0.6 is 0 Å². The topological polar surface area (TPSA) is 84.9 Å². The van der Waals surface area contributed by atoms with Crippen molar-refractivity contribution in [3.63, 3.8) is 0 Å². The molecule has 8 heteroatoms. The van der Waals surface area contributed by atoms with Crippen molar-refractivity contribution >= 4 is 21.6 Å². The summed E-state index contributed by atoms with van der Waals surface area (Å²) in [5.41, 5.74) is 1.58. The fraction of sp³-hybridized carbons (Fsp3) is 0.409. The Balaban J connectivity index is 1.77. The number of hydrogen-bond acceptors (Lipinski definition) is 5. The van der Waals surface area contributed by atoms with E-state index in [1.165, 1.54) is 23.5 Å². The van der Waals surface area contributed by atoms with E-state index >= 15 is 0 Å². The van der Waals surface area contributed by atoms with Crippen LogP contribution in [0, 0.1) is 6.92 Å². The summed E-state index contributed by atoms with van der Waals surface area (Å²) in [6.07, 6.45) is 2.40. The Bertz CT molecular complexity index is 989. The van der Waals surface area contributed by atoms with Gasteiger partial charge in [0.1, 0.15) is 11.5 Å². The molecule has 2 aromatic carbocycles. The van der Waals surface area contributed by atoms with Crippen molar-refractivity contribution < 1.29 is 22.7 Å². The van der Waals surface area contributed by atoms with Crippen LogP contribution < -0.4 is 14.8 Å². The van der Waals surface area contributed by atoms with Gasteiger partial charge in [-0.05, 0) is 61.7 Å². The molecular formula is C22H28N2O5S. The number of methoxy groups -OCH3 is 2. The van der Waals surface area contributed by atoms with Crippen LogP contribution in [0.4, 0.5) is 5.69 Å². The molecular weight excluding hydrogens is 404 g/mol. The van der Waals surface area contributed by atoms with Gasteiger partial charge in [0.05, 0.1) is 24.8 Å². The fourth-order valence-corrected chi connectivity index (χ4v) is 5.41. The number of carbonyl (C=O) groups excluding carboxylic acids is 1. The minimum absolute atomic E-state index is 0.0898. The zero-order chi connectivity index (χ0) is 21.7. The van der Waals surface area contributed by atoms with E-state index < -0.39 is 10.0 Å². The summed E-state index contributed by atoms with van der Waals surface area (Å²) in [6.45, 7) is 2.33. The van der Waals surface area contributed by atoms with Crippen molar-refractivity contribution in [3.05, 3.63) is 48.0 Å². The Kier molecular flexibility index (Phi) is 6.99. The minimum atomic E-state index is -3.70. The van der Waals surface area contributed by atoms with E-state index in [2.05, 4.69) is 5.32 Å². The SMILES string of the molecule is COc1ccc(S(=O)(=O)N2CCCC[C@H]2CC(=O)Nc2cc(C)ccc2OC)cc1. The van der Waals surface area contributed by atoms with Crippen molar-refractivity contribution in [2.75, 3.05) is 26.1 Å². The van der Waals surface area contributed by atoms with Crippen molar-refractivity contribution in [3.8, 4) is 11.5 Å². The van der Waals surface area contributed by atoms with Gasteiger partial charge in [0.25, 0.3) is 0 Å². The summed E-state index contributed by atoms with van der Waals surface area (Å²) < 4.78 is 38.3. The van der Waals surface area contributed by atoms with Gasteiger partial charge in [-0.3, -0.25) is 4.79 Å². The first-order chi connectivity index (χ1) is 14.3. The number of hydrogen-bond donors (Lipinski definition) is 1. The minimum Gasteiger partial charge on any atom is -0.497 e. The molecule has 1 saturated heterocycles. The Morgan fingerprint density at radius 1 is 1.10 bits per heavy atom. The van der Waals surface area contributed by atoms with Gasteiger partial charge in [0.2, 0.25) is 15.9 Å². The number of benzene rings is 2. The van der Waals surface area contributed by atoms with Crippen LogP contribution in [-0.2, 0) is 14.8 Å². The largest absolute Gasteiger partial charge is 0.497 e. The highest BCUT2D eigenvalue weighted by atomic mass is 32.2. The predicted octanol–water partition coefficient (Wildman–Crippen LogP) is 3.58. The molecule has 1 atom stereocenters. The number of ether oxygens (including phenoxy) is 2. The fourth-order valence-electron chi connectivity index (χ4n) is 3.71. The summed E-state index contributed by atoms with van der Waals surface area (Å²) in [5, 5.41) is 2.87. The maximum Gasteiger partial charge on any atom is 0.243 e. The predicted molar refractivity (Wildman–Crippen MR) is 116 cm³/mol. The Hall–Kier alpha value is -2.58. The number of aryl methyl sites for hydroxylation is 1. The van der Waals surface area contributed by atoms with E-state index in [1.54, 1.807) is 25.3 Å². The summed E-state index contributed by atoms with van der Waals surface area (Å²) in [7, 11) is -0.621. The maximum absolute atomic E-state index is 13.2. The van der Waals surface area contributed by atoms with E-state index in [0.29, 0.717) is 30.2 Å².